The number of para-hydroxylation sites is 3. The summed E-state index contributed by atoms with van der Waals surface area (Å²) in [6.07, 6.45) is 0.273. The van der Waals surface area contributed by atoms with Crippen LogP contribution in [0.2, 0.25) is 0 Å². The van der Waals surface area contributed by atoms with Crippen LogP contribution in [0.5, 0.6) is 5.75 Å². The molecule has 2 aromatic rings. The number of amides is 1. The van der Waals surface area contributed by atoms with Gasteiger partial charge in [-0.05, 0) is 18.2 Å². The molecule has 2 aromatic carbocycles. The Balaban J connectivity index is 2.18. The van der Waals surface area contributed by atoms with Crippen LogP contribution < -0.4 is 15.4 Å². The monoisotopic (exact) mass is 270 g/mol. The summed E-state index contributed by atoms with van der Waals surface area (Å²) >= 11 is 0. The maximum atomic E-state index is 12.3. The van der Waals surface area contributed by atoms with E-state index in [9.17, 15) is 4.79 Å². The Hall–Kier alpha value is -2.49. The van der Waals surface area contributed by atoms with Gasteiger partial charge < -0.3 is 15.4 Å². The van der Waals surface area contributed by atoms with Crippen molar-refractivity contribution in [3.8, 4) is 5.75 Å². The zero-order valence-corrected chi connectivity index (χ0v) is 11.7. The molecule has 0 unspecified atom stereocenters. The van der Waals surface area contributed by atoms with E-state index in [1.807, 2.05) is 42.5 Å². The lowest BCUT2D eigenvalue weighted by Gasteiger charge is -2.19. The predicted octanol–water partition coefficient (Wildman–Crippen LogP) is 2.48. The van der Waals surface area contributed by atoms with Crippen molar-refractivity contribution in [2.45, 2.75) is 6.42 Å². The van der Waals surface area contributed by atoms with Crippen LogP contribution in [0.15, 0.2) is 48.5 Å². The first kappa shape index (κ1) is 13.9. The molecule has 0 fully saturated rings. The number of carbonyl (C=O) groups is 1. The molecule has 4 nitrogen and oxygen atoms in total. The second kappa shape index (κ2) is 6.10. The molecule has 2 rings (SSSR count). The van der Waals surface area contributed by atoms with E-state index in [2.05, 4.69) is 0 Å². The third kappa shape index (κ3) is 2.91. The fourth-order valence-electron chi connectivity index (χ4n) is 2.06. The Morgan fingerprint density at radius 2 is 1.80 bits per heavy atom. The normalized spacial score (nSPS) is 10.1. The highest BCUT2D eigenvalue weighted by molar-refractivity contribution is 5.97. The van der Waals surface area contributed by atoms with Gasteiger partial charge in [-0.25, -0.2) is 0 Å². The number of methoxy groups -OCH3 is 1. The molecule has 0 aliphatic carbocycles. The highest BCUT2D eigenvalue weighted by atomic mass is 16.5. The molecule has 0 aliphatic rings. The maximum Gasteiger partial charge on any atom is 0.231 e. The summed E-state index contributed by atoms with van der Waals surface area (Å²) in [5, 5.41) is 0. The third-order valence-corrected chi connectivity index (χ3v) is 3.21. The molecule has 0 saturated carbocycles. The number of nitrogens with two attached hydrogens (primary N) is 1. The first-order chi connectivity index (χ1) is 9.63. The predicted molar refractivity (Wildman–Crippen MR) is 81.0 cm³/mol. The van der Waals surface area contributed by atoms with Crippen molar-refractivity contribution in [3.63, 3.8) is 0 Å². The second-order valence-electron chi connectivity index (χ2n) is 4.50. The van der Waals surface area contributed by atoms with Crippen LogP contribution in [-0.2, 0) is 11.2 Å². The highest BCUT2D eigenvalue weighted by Gasteiger charge is 2.15. The molecule has 0 atom stereocenters. The number of benzene rings is 2. The lowest BCUT2D eigenvalue weighted by atomic mass is 10.1. The summed E-state index contributed by atoms with van der Waals surface area (Å²) in [4.78, 5) is 13.9. The molecule has 20 heavy (non-hydrogen) atoms. The molecule has 4 heteroatoms. The van der Waals surface area contributed by atoms with Crippen molar-refractivity contribution < 1.29 is 9.53 Å². The zero-order valence-electron chi connectivity index (χ0n) is 11.7. The molecular weight excluding hydrogens is 252 g/mol. The lowest BCUT2D eigenvalue weighted by Crippen LogP contribution is -2.28. The van der Waals surface area contributed by atoms with Crippen LogP contribution in [0.3, 0.4) is 0 Å². The van der Waals surface area contributed by atoms with Gasteiger partial charge in [-0.1, -0.05) is 30.3 Å². The van der Waals surface area contributed by atoms with Crippen LogP contribution in [-0.4, -0.2) is 20.1 Å². The second-order valence-corrected chi connectivity index (χ2v) is 4.50. The molecule has 0 heterocycles. The summed E-state index contributed by atoms with van der Waals surface area (Å²) in [6, 6.07) is 14.8. The third-order valence-electron chi connectivity index (χ3n) is 3.21. The van der Waals surface area contributed by atoms with Crippen LogP contribution in [0.4, 0.5) is 11.4 Å². The Morgan fingerprint density at radius 1 is 1.15 bits per heavy atom. The van der Waals surface area contributed by atoms with Crippen molar-refractivity contribution in [2.24, 2.45) is 0 Å². The lowest BCUT2D eigenvalue weighted by molar-refractivity contribution is -0.117. The van der Waals surface area contributed by atoms with Gasteiger partial charge in [0.2, 0.25) is 5.91 Å². The molecule has 0 aromatic heterocycles. The number of ether oxygens (including phenoxy) is 1. The van der Waals surface area contributed by atoms with Gasteiger partial charge in [0, 0.05) is 12.6 Å². The number of carbonyl (C=O) groups excluding carboxylic acids is 1. The van der Waals surface area contributed by atoms with Crippen LogP contribution >= 0.6 is 0 Å². The molecule has 0 aliphatic heterocycles. The summed E-state index contributed by atoms with van der Waals surface area (Å²) in [5.41, 5.74) is 8.05. The summed E-state index contributed by atoms with van der Waals surface area (Å²) in [6.45, 7) is 0. The first-order valence-electron chi connectivity index (χ1n) is 6.36. The molecule has 0 bridgehead atoms. The first-order valence-corrected chi connectivity index (χ1v) is 6.36. The molecular formula is C16H18N2O2. The maximum absolute atomic E-state index is 12.3. The van der Waals surface area contributed by atoms with Crippen molar-refractivity contribution >= 4 is 17.3 Å². The van der Waals surface area contributed by atoms with Crippen molar-refractivity contribution in [3.05, 3.63) is 54.1 Å². The summed E-state index contributed by atoms with van der Waals surface area (Å²) in [7, 11) is 3.33. The van der Waals surface area contributed by atoms with Gasteiger partial charge in [-0.2, -0.15) is 0 Å². The van der Waals surface area contributed by atoms with Crippen molar-refractivity contribution in [1.82, 2.24) is 0 Å². The van der Waals surface area contributed by atoms with Crippen molar-refractivity contribution in [2.75, 3.05) is 24.8 Å². The van der Waals surface area contributed by atoms with Crippen LogP contribution in [0, 0.1) is 0 Å². The summed E-state index contributed by atoms with van der Waals surface area (Å²) in [5.74, 6) is 0.683. The van der Waals surface area contributed by atoms with Gasteiger partial charge in [-0.3, -0.25) is 4.79 Å². The van der Waals surface area contributed by atoms with Crippen LogP contribution in [0.25, 0.3) is 0 Å². The quantitative estimate of drug-likeness (QED) is 0.868. The average molecular weight is 270 g/mol. The largest absolute Gasteiger partial charge is 0.496 e. The summed E-state index contributed by atoms with van der Waals surface area (Å²) < 4.78 is 5.26. The van der Waals surface area contributed by atoms with Gasteiger partial charge in [0.05, 0.1) is 24.9 Å². The van der Waals surface area contributed by atoms with E-state index in [-0.39, 0.29) is 12.3 Å². The standard InChI is InChI=1S/C16H18N2O2/c1-18(14-9-5-4-8-13(14)17)16(19)11-12-7-3-6-10-15(12)20-2/h3-10H,11,17H2,1-2H3. The minimum atomic E-state index is -0.0348. The molecule has 104 valence electrons. The number of nitrogen functional groups attached to an aromatic ring is 1. The van der Waals surface area contributed by atoms with Gasteiger partial charge in [-0.15, -0.1) is 0 Å². The molecule has 2 N–H and O–H groups in total. The van der Waals surface area contributed by atoms with E-state index in [1.54, 1.807) is 25.1 Å². The molecule has 0 saturated heterocycles. The van der Waals surface area contributed by atoms with E-state index in [0.717, 1.165) is 11.3 Å². The Bertz CT molecular complexity index is 611. The highest BCUT2D eigenvalue weighted by Crippen LogP contribution is 2.23. The van der Waals surface area contributed by atoms with E-state index >= 15 is 0 Å². The molecule has 0 radical (unpaired) electrons. The fraction of sp³-hybridized carbons (Fsp3) is 0.188. The minimum absolute atomic E-state index is 0.0348. The van der Waals surface area contributed by atoms with Crippen molar-refractivity contribution in [1.29, 1.82) is 0 Å². The Labute approximate surface area is 118 Å². The number of likely N-dealkylation sites (N-methyl/N-ethyl adjacent to an activating group) is 1. The fourth-order valence-corrected chi connectivity index (χ4v) is 2.06. The smallest absolute Gasteiger partial charge is 0.231 e. The van der Waals surface area contributed by atoms with E-state index < -0.39 is 0 Å². The van der Waals surface area contributed by atoms with Gasteiger partial charge in [0.15, 0.2) is 0 Å². The Kier molecular flexibility index (Phi) is 4.25. The van der Waals surface area contributed by atoms with E-state index in [4.69, 9.17) is 10.5 Å². The number of rotatable bonds is 4. The van der Waals surface area contributed by atoms with E-state index in [0.29, 0.717) is 11.4 Å². The molecule has 0 spiro atoms. The zero-order chi connectivity index (χ0) is 14.5. The number of hydrogen-bond acceptors (Lipinski definition) is 3. The van der Waals surface area contributed by atoms with Crippen LogP contribution in [0.1, 0.15) is 5.56 Å². The van der Waals surface area contributed by atoms with Gasteiger partial charge in [0.1, 0.15) is 5.75 Å². The SMILES string of the molecule is COc1ccccc1CC(=O)N(C)c1ccccc1N. The van der Waals surface area contributed by atoms with E-state index in [1.165, 1.54) is 0 Å². The van der Waals surface area contributed by atoms with Gasteiger partial charge in [0.25, 0.3) is 0 Å². The topological polar surface area (TPSA) is 55.6 Å². The van der Waals surface area contributed by atoms with Gasteiger partial charge >= 0.3 is 0 Å². The Morgan fingerprint density at radius 3 is 2.50 bits per heavy atom. The average Bonchev–Trinajstić information content (AvgIpc) is 2.47. The number of nitrogens with zero attached hydrogens (tertiary/aromatic N) is 1. The molecule has 1 amide bonds. The number of hydrogen-bond donors (Lipinski definition) is 1. The number of anilines is 2. The minimum Gasteiger partial charge on any atom is -0.496 e.